The Hall–Kier alpha value is -2.50. The molecule has 0 unspecified atom stereocenters. The van der Waals surface area contributed by atoms with E-state index >= 15 is 0 Å². The van der Waals surface area contributed by atoms with Crippen molar-refractivity contribution >= 4 is 17.2 Å². The highest BCUT2D eigenvalue weighted by atomic mass is 32.1. The fourth-order valence-corrected chi connectivity index (χ4v) is 3.61. The Kier molecular flexibility index (Phi) is 6.15. The quantitative estimate of drug-likeness (QED) is 0.693. The second kappa shape index (κ2) is 8.74. The van der Waals surface area contributed by atoms with Gasteiger partial charge in [-0.25, -0.2) is 4.98 Å². The number of aromatic nitrogens is 1. The van der Waals surface area contributed by atoms with Crippen LogP contribution in [0.25, 0.3) is 0 Å². The van der Waals surface area contributed by atoms with Crippen LogP contribution >= 0.6 is 11.3 Å². The zero-order valence-corrected chi connectivity index (χ0v) is 15.7. The number of nitrogens with two attached hydrogens (primary N) is 1. The molecule has 1 amide bonds. The molecule has 26 heavy (non-hydrogen) atoms. The molecular weight excluding hydrogens is 342 g/mol. The summed E-state index contributed by atoms with van der Waals surface area (Å²) in [5.74, 6) is 0.0287. The van der Waals surface area contributed by atoms with Gasteiger partial charge in [0.1, 0.15) is 0 Å². The Labute approximate surface area is 158 Å². The van der Waals surface area contributed by atoms with Crippen molar-refractivity contribution in [2.45, 2.75) is 26.4 Å². The van der Waals surface area contributed by atoms with Gasteiger partial charge in [0.2, 0.25) is 0 Å². The summed E-state index contributed by atoms with van der Waals surface area (Å²) in [5.41, 5.74) is 11.4. The van der Waals surface area contributed by atoms with Crippen molar-refractivity contribution in [2.24, 2.45) is 5.73 Å². The summed E-state index contributed by atoms with van der Waals surface area (Å²) in [6.45, 7) is 3.73. The second-order valence-electron chi connectivity index (χ2n) is 6.24. The maximum atomic E-state index is 13.1. The van der Waals surface area contributed by atoms with Crippen molar-refractivity contribution in [3.63, 3.8) is 0 Å². The monoisotopic (exact) mass is 365 g/mol. The molecule has 0 saturated heterocycles. The lowest BCUT2D eigenvalue weighted by molar-refractivity contribution is 0.0731. The van der Waals surface area contributed by atoms with E-state index in [1.165, 1.54) is 0 Å². The van der Waals surface area contributed by atoms with Gasteiger partial charge in [0.05, 0.1) is 17.7 Å². The number of hydrogen-bond donors (Lipinski definition) is 1. The van der Waals surface area contributed by atoms with E-state index in [1.54, 1.807) is 11.3 Å². The summed E-state index contributed by atoms with van der Waals surface area (Å²) in [7, 11) is 0. The molecule has 2 aromatic carbocycles. The van der Waals surface area contributed by atoms with Gasteiger partial charge >= 0.3 is 0 Å². The number of aryl methyl sites for hydroxylation is 1. The summed E-state index contributed by atoms with van der Waals surface area (Å²) in [6.07, 6.45) is 0.822. The smallest absolute Gasteiger partial charge is 0.254 e. The van der Waals surface area contributed by atoms with Gasteiger partial charge in [-0.15, -0.1) is 11.3 Å². The Morgan fingerprint density at radius 3 is 2.38 bits per heavy atom. The number of carbonyl (C=O) groups excluding carboxylic acids is 1. The highest BCUT2D eigenvalue weighted by molar-refractivity contribution is 7.09. The molecule has 0 spiro atoms. The average molecular weight is 366 g/mol. The van der Waals surface area contributed by atoms with Crippen LogP contribution in [-0.4, -0.2) is 22.3 Å². The first-order chi connectivity index (χ1) is 12.7. The number of benzene rings is 2. The molecule has 3 rings (SSSR count). The Balaban J connectivity index is 1.83. The summed E-state index contributed by atoms with van der Waals surface area (Å²) < 4.78 is 0. The fraction of sp³-hybridized carbons (Fsp3) is 0.238. The Morgan fingerprint density at radius 1 is 1.04 bits per heavy atom. The highest BCUT2D eigenvalue weighted by Gasteiger charge is 2.18. The van der Waals surface area contributed by atoms with Gasteiger partial charge in [0, 0.05) is 17.0 Å². The van der Waals surface area contributed by atoms with Crippen LogP contribution in [0.4, 0.5) is 0 Å². The minimum atomic E-state index is 0.0287. The lowest BCUT2D eigenvalue weighted by Crippen LogP contribution is -2.30. The van der Waals surface area contributed by atoms with E-state index in [2.05, 4.69) is 4.98 Å². The number of nitrogens with zero attached hydrogens (tertiary/aromatic N) is 2. The molecule has 0 atom stereocenters. The molecule has 0 aliphatic rings. The maximum absolute atomic E-state index is 13.1. The van der Waals surface area contributed by atoms with Gasteiger partial charge < -0.3 is 10.6 Å². The highest BCUT2D eigenvalue weighted by Crippen LogP contribution is 2.19. The van der Waals surface area contributed by atoms with E-state index in [0.29, 0.717) is 25.2 Å². The summed E-state index contributed by atoms with van der Waals surface area (Å²) in [4.78, 5) is 20.5. The third-order valence-electron chi connectivity index (χ3n) is 4.32. The van der Waals surface area contributed by atoms with Crippen LogP contribution < -0.4 is 5.73 Å². The third-order valence-corrected chi connectivity index (χ3v) is 5.24. The molecule has 2 N–H and O–H groups in total. The van der Waals surface area contributed by atoms with E-state index in [1.807, 2.05) is 71.9 Å². The topological polar surface area (TPSA) is 59.2 Å². The van der Waals surface area contributed by atoms with Gasteiger partial charge in [0.25, 0.3) is 5.91 Å². The normalized spacial score (nSPS) is 10.7. The molecule has 0 saturated carbocycles. The van der Waals surface area contributed by atoms with Crippen LogP contribution in [0.1, 0.15) is 32.1 Å². The standard InChI is InChI=1S/C21H23N3OS/c1-16-20(26-15-23-16)14-24(13-18-5-3-2-4-6-18)21(25)19-9-7-17(8-10-19)11-12-22/h2-10,15H,11-14,22H2,1H3. The van der Waals surface area contributed by atoms with Crippen molar-refractivity contribution in [3.8, 4) is 0 Å². The fourth-order valence-electron chi connectivity index (χ4n) is 2.82. The Bertz CT molecular complexity index is 843. The van der Waals surface area contributed by atoms with Crippen molar-refractivity contribution in [2.75, 3.05) is 6.54 Å². The maximum Gasteiger partial charge on any atom is 0.254 e. The summed E-state index contributed by atoms with van der Waals surface area (Å²) >= 11 is 1.59. The van der Waals surface area contributed by atoms with E-state index < -0.39 is 0 Å². The van der Waals surface area contributed by atoms with Gasteiger partial charge in [-0.2, -0.15) is 0 Å². The van der Waals surface area contributed by atoms with E-state index in [0.717, 1.165) is 28.1 Å². The summed E-state index contributed by atoms with van der Waals surface area (Å²) in [5, 5.41) is 0. The molecule has 4 nitrogen and oxygen atoms in total. The van der Waals surface area contributed by atoms with Crippen LogP contribution in [0.3, 0.4) is 0 Å². The van der Waals surface area contributed by atoms with Gasteiger partial charge in [-0.3, -0.25) is 4.79 Å². The van der Waals surface area contributed by atoms with Crippen molar-refractivity contribution in [3.05, 3.63) is 87.4 Å². The van der Waals surface area contributed by atoms with Crippen LogP contribution in [0, 0.1) is 6.92 Å². The zero-order valence-electron chi connectivity index (χ0n) is 14.9. The first-order valence-electron chi connectivity index (χ1n) is 8.68. The number of amides is 1. The lowest BCUT2D eigenvalue weighted by Gasteiger charge is -2.23. The minimum absolute atomic E-state index is 0.0287. The van der Waals surface area contributed by atoms with E-state index in [4.69, 9.17) is 5.73 Å². The van der Waals surface area contributed by atoms with Crippen molar-refractivity contribution in [1.82, 2.24) is 9.88 Å². The van der Waals surface area contributed by atoms with E-state index in [-0.39, 0.29) is 5.91 Å². The van der Waals surface area contributed by atoms with Crippen molar-refractivity contribution in [1.29, 1.82) is 0 Å². The van der Waals surface area contributed by atoms with Gasteiger partial charge in [-0.1, -0.05) is 42.5 Å². The summed E-state index contributed by atoms with van der Waals surface area (Å²) in [6, 6.07) is 17.8. The molecule has 5 heteroatoms. The van der Waals surface area contributed by atoms with Crippen molar-refractivity contribution < 1.29 is 4.79 Å². The molecule has 0 aliphatic carbocycles. The number of rotatable bonds is 7. The molecule has 0 aliphatic heterocycles. The molecule has 1 aromatic heterocycles. The first kappa shape index (κ1) is 18.3. The van der Waals surface area contributed by atoms with Crippen LogP contribution in [0.2, 0.25) is 0 Å². The molecule has 134 valence electrons. The van der Waals surface area contributed by atoms with Crippen LogP contribution in [-0.2, 0) is 19.5 Å². The van der Waals surface area contributed by atoms with Gasteiger partial charge in [0.15, 0.2) is 0 Å². The lowest BCUT2D eigenvalue weighted by atomic mass is 10.1. The van der Waals surface area contributed by atoms with Crippen LogP contribution in [0.15, 0.2) is 60.1 Å². The molecular formula is C21H23N3OS. The molecule has 3 aromatic rings. The largest absolute Gasteiger partial charge is 0.330 e. The number of thiazole rings is 1. The third kappa shape index (κ3) is 4.56. The molecule has 0 bridgehead atoms. The zero-order chi connectivity index (χ0) is 18.4. The Morgan fingerprint density at radius 2 is 1.77 bits per heavy atom. The SMILES string of the molecule is Cc1ncsc1CN(Cc1ccccc1)C(=O)c1ccc(CCN)cc1. The first-order valence-corrected chi connectivity index (χ1v) is 9.56. The minimum Gasteiger partial charge on any atom is -0.330 e. The molecule has 0 radical (unpaired) electrons. The predicted molar refractivity (Wildman–Crippen MR) is 106 cm³/mol. The molecule has 0 fully saturated rings. The molecule has 1 heterocycles. The van der Waals surface area contributed by atoms with Gasteiger partial charge in [-0.05, 0) is 43.1 Å². The second-order valence-corrected chi connectivity index (χ2v) is 7.18. The van der Waals surface area contributed by atoms with Crippen LogP contribution in [0.5, 0.6) is 0 Å². The van der Waals surface area contributed by atoms with E-state index in [9.17, 15) is 4.79 Å². The predicted octanol–water partition coefficient (Wildman–Crippen LogP) is 3.80. The number of carbonyl (C=O) groups is 1. The average Bonchev–Trinajstić information content (AvgIpc) is 3.07. The number of hydrogen-bond acceptors (Lipinski definition) is 4.